The zero-order chi connectivity index (χ0) is 25.3. The number of ether oxygens (including phenoxy) is 2. The van der Waals surface area contributed by atoms with Gasteiger partial charge in [-0.2, -0.15) is 0 Å². The van der Waals surface area contributed by atoms with Crippen LogP contribution < -0.4 is 19.7 Å². The fourth-order valence-corrected chi connectivity index (χ4v) is 4.70. The van der Waals surface area contributed by atoms with Crippen LogP contribution in [0.25, 0.3) is 0 Å². The molecule has 0 spiro atoms. The Morgan fingerprint density at radius 1 is 0.886 bits per heavy atom. The predicted octanol–water partition coefficient (Wildman–Crippen LogP) is 2.91. The number of carbonyl (C=O) groups is 2. The van der Waals surface area contributed by atoms with Crippen LogP contribution in [0.15, 0.2) is 83.8 Å². The van der Waals surface area contributed by atoms with Gasteiger partial charge in [-0.25, -0.2) is 8.42 Å². The van der Waals surface area contributed by atoms with Gasteiger partial charge in [0, 0.05) is 13.7 Å². The lowest BCUT2D eigenvalue weighted by molar-refractivity contribution is -0.114. The first-order valence-corrected chi connectivity index (χ1v) is 12.2. The molecule has 3 rings (SSSR count). The van der Waals surface area contributed by atoms with Crippen LogP contribution in [0.5, 0.6) is 5.75 Å². The summed E-state index contributed by atoms with van der Waals surface area (Å²) in [5, 5.41) is 5.37. The van der Waals surface area contributed by atoms with Crippen LogP contribution >= 0.6 is 0 Å². The van der Waals surface area contributed by atoms with Crippen molar-refractivity contribution in [2.24, 2.45) is 0 Å². The number of hydrogen-bond donors (Lipinski definition) is 2. The number of amides is 2. The van der Waals surface area contributed by atoms with Gasteiger partial charge >= 0.3 is 0 Å². The maximum Gasteiger partial charge on any atom is 0.264 e. The van der Waals surface area contributed by atoms with Crippen LogP contribution in [0.2, 0.25) is 0 Å². The van der Waals surface area contributed by atoms with Gasteiger partial charge in [0.25, 0.3) is 15.9 Å². The van der Waals surface area contributed by atoms with Gasteiger partial charge < -0.3 is 20.1 Å². The zero-order valence-electron chi connectivity index (χ0n) is 19.4. The molecule has 0 aliphatic rings. The Morgan fingerprint density at radius 2 is 1.54 bits per heavy atom. The maximum absolute atomic E-state index is 13.4. The third-order valence-corrected chi connectivity index (χ3v) is 6.80. The molecule has 9 nitrogen and oxygen atoms in total. The Labute approximate surface area is 204 Å². The van der Waals surface area contributed by atoms with Crippen molar-refractivity contribution in [1.29, 1.82) is 0 Å². The van der Waals surface area contributed by atoms with E-state index in [4.69, 9.17) is 9.47 Å². The molecule has 0 aliphatic carbocycles. The Balaban J connectivity index is 1.87. The average molecular weight is 498 g/mol. The predicted molar refractivity (Wildman–Crippen MR) is 133 cm³/mol. The van der Waals surface area contributed by atoms with Gasteiger partial charge in [-0.1, -0.05) is 30.3 Å². The van der Waals surface area contributed by atoms with E-state index < -0.39 is 22.5 Å². The summed E-state index contributed by atoms with van der Waals surface area (Å²) in [5.41, 5.74) is 0.800. The molecule has 0 unspecified atom stereocenters. The Kier molecular flexibility index (Phi) is 8.82. The lowest BCUT2D eigenvalue weighted by Gasteiger charge is -2.24. The minimum absolute atomic E-state index is 0.0431. The van der Waals surface area contributed by atoms with Crippen molar-refractivity contribution in [3.8, 4) is 5.75 Å². The Hall–Kier alpha value is -3.89. The summed E-state index contributed by atoms with van der Waals surface area (Å²) < 4.78 is 38.0. The van der Waals surface area contributed by atoms with E-state index in [0.717, 1.165) is 4.31 Å². The number of rotatable bonds is 11. The van der Waals surface area contributed by atoms with Crippen LogP contribution in [-0.2, 0) is 19.6 Å². The maximum atomic E-state index is 13.4. The van der Waals surface area contributed by atoms with E-state index in [1.165, 1.54) is 26.4 Å². The van der Waals surface area contributed by atoms with Crippen molar-refractivity contribution in [3.63, 3.8) is 0 Å². The van der Waals surface area contributed by atoms with Crippen molar-refractivity contribution in [2.45, 2.75) is 4.90 Å². The summed E-state index contributed by atoms with van der Waals surface area (Å²) in [6.45, 7) is 0.135. The molecular weight excluding hydrogens is 470 g/mol. The summed E-state index contributed by atoms with van der Waals surface area (Å²) in [7, 11) is -1.03. The number of para-hydroxylation sites is 1. The van der Waals surface area contributed by atoms with E-state index in [1.54, 1.807) is 66.7 Å². The highest BCUT2D eigenvalue weighted by molar-refractivity contribution is 7.92. The molecule has 0 bridgehead atoms. The van der Waals surface area contributed by atoms with Gasteiger partial charge in [-0.3, -0.25) is 13.9 Å². The van der Waals surface area contributed by atoms with Crippen molar-refractivity contribution < 1.29 is 27.5 Å². The van der Waals surface area contributed by atoms with Gasteiger partial charge in [0.15, 0.2) is 0 Å². The summed E-state index contributed by atoms with van der Waals surface area (Å²) in [6.07, 6.45) is 0. The van der Waals surface area contributed by atoms with E-state index in [1.807, 2.05) is 0 Å². The van der Waals surface area contributed by atoms with Gasteiger partial charge in [-0.05, 0) is 48.5 Å². The van der Waals surface area contributed by atoms with Crippen LogP contribution in [0, 0.1) is 0 Å². The number of benzene rings is 3. The van der Waals surface area contributed by atoms with Gasteiger partial charge in [0.1, 0.15) is 12.3 Å². The molecule has 0 saturated carbocycles. The minimum Gasteiger partial charge on any atom is -0.497 e. The number of nitrogens with zero attached hydrogens (tertiary/aromatic N) is 1. The van der Waals surface area contributed by atoms with Crippen LogP contribution in [0.4, 0.5) is 11.4 Å². The second-order valence-corrected chi connectivity index (χ2v) is 9.23. The van der Waals surface area contributed by atoms with Gasteiger partial charge in [0.2, 0.25) is 5.91 Å². The first-order valence-electron chi connectivity index (χ1n) is 10.7. The molecule has 0 fully saturated rings. The first-order chi connectivity index (χ1) is 16.9. The standard InChI is InChI=1S/C25H27N3O6S/c1-33-17-16-26-25(30)22-10-6-7-11-23(22)27-24(29)18-28(19-12-14-20(34-2)15-13-19)35(31,32)21-8-4-3-5-9-21/h3-15H,16-18H2,1-2H3,(H,26,30)(H,27,29). The lowest BCUT2D eigenvalue weighted by Crippen LogP contribution is -2.38. The highest BCUT2D eigenvalue weighted by atomic mass is 32.2. The van der Waals surface area contributed by atoms with Crippen molar-refractivity contribution in [1.82, 2.24) is 5.32 Å². The van der Waals surface area contributed by atoms with Gasteiger partial charge in [-0.15, -0.1) is 0 Å². The molecule has 0 heterocycles. The third kappa shape index (κ3) is 6.58. The molecule has 0 radical (unpaired) electrons. The van der Waals surface area contributed by atoms with Gasteiger partial charge in [0.05, 0.1) is 35.6 Å². The fourth-order valence-electron chi connectivity index (χ4n) is 3.26. The molecule has 35 heavy (non-hydrogen) atoms. The third-order valence-electron chi connectivity index (χ3n) is 5.02. The number of carbonyl (C=O) groups excluding carboxylic acids is 2. The number of methoxy groups -OCH3 is 2. The largest absolute Gasteiger partial charge is 0.497 e. The minimum atomic E-state index is -4.06. The topological polar surface area (TPSA) is 114 Å². The molecule has 0 aliphatic heterocycles. The van der Waals surface area contributed by atoms with E-state index >= 15 is 0 Å². The average Bonchev–Trinajstić information content (AvgIpc) is 2.88. The molecule has 0 aromatic heterocycles. The SMILES string of the molecule is COCCNC(=O)c1ccccc1NC(=O)CN(c1ccc(OC)cc1)S(=O)(=O)c1ccccc1. The second-order valence-electron chi connectivity index (χ2n) is 7.37. The number of hydrogen-bond acceptors (Lipinski definition) is 6. The molecule has 0 saturated heterocycles. The highest BCUT2D eigenvalue weighted by Gasteiger charge is 2.27. The van der Waals surface area contributed by atoms with E-state index in [-0.39, 0.29) is 27.7 Å². The lowest BCUT2D eigenvalue weighted by atomic mass is 10.1. The van der Waals surface area contributed by atoms with Crippen LogP contribution in [0.3, 0.4) is 0 Å². The first kappa shape index (κ1) is 25.7. The Bertz CT molecular complexity index is 1250. The summed E-state index contributed by atoms with van der Waals surface area (Å²) in [6, 6.07) is 20.7. The fraction of sp³-hybridized carbons (Fsp3) is 0.200. The summed E-state index contributed by atoms with van der Waals surface area (Å²) in [4.78, 5) is 25.6. The monoisotopic (exact) mass is 497 g/mol. The van der Waals surface area contributed by atoms with Crippen LogP contribution in [-0.4, -0.2) is 54.1 Å². The molecule has 10 heteroatoms. The molecule has 0 atom stereocenters. The molecule has 2 amide bonds. The molecule has 184 valence electrons. The molecule has 2 N–H and O–H groups in total. The number of anilines is 2. The van der Waals surface area contributed by atoms with E-state index in [9.17, 15) is 18.0 Å². The molecule has 3 aromatic rings. The quantitative estimate of drug-likeness (QED) is 0.394. The molecular formula is C25H27N3O6S. The van der Waals surface area contributed by atoms with E-state index in [0.29, 0.717) is 18.9 Å². The molecule has 3 aromatic carbocycles. The zero-order valence-corrected chi connectivity index (χ0v) is 20.2. The normalized spacial score (nSPS) is 10.9. The number of sulfonamides is 1. The second kappa shape index (κ2) is 12.0. The smallest absolute Gasteiger partial charge is 0.264 e. The Morgan fingerprint density at radius 3 is 2.20 bits per heavy atom. The van der Waals surface area contributed by atoms with Crippen molar-refractivity contribution in [2.75, 3.05) is 43.5 Å². The van der Waals surface area contributed by atoms with E-state index in [2.05, 4.69) is 10.6 Å². The highest BCUT2D eigenvalue weighted by Crippen LogP contribution is 2.26. The summed E-state index contributed by atoms with van der Waals surface area (Å²) >= 11 is 0. The van der Waals surface area contributed by atoms with Crippen molar-refractivity contribution in [3.05, 3.63) is 84.4 Å². The summed E-state index contributed by atoms with van der Waals surface area (Å²) in [5.74, 6) is -0.456. The number of nitrogens with one attached hydrogen (secondary N) is 2. The van der Waals surface area contributed by atoms with Crippen molar-refractivity contribution >= 4 is 33.2 Å². The van der Waals surface area contributed by atoms with Crippen LogP contribution in [0.1, 0.15) is 10.4 Å².